The van der Waals surface area contributed by atoms with Gasteiger partial charge in [0.05, 0.1) is 0 Å². The van der Waals surface area contributed by atoms with E-state index in [-0.39, 0.29) is 0 Å². The van der Waals surface area contributed by atoms with Gasteiger partial charge in [-0.1, -0.05) is 69.6 Å². The molecule has 0 radical (unpaired) electrons. The fourth-order valence-corrected chi connectivity index (χ4v) is 5.79. The molecule has 2 unspecified atom stereocenters. The Balaban J connectivity index is 1.53. The van der Waals surface area contributed by atoms with Crippen LogP contribution in [-0.2, 0) is 0 Å². The van der Waals surface area contributed by atoms with Crippen LogP contribution in [-0.4, -0.2) is 0 Å². The first-order valence-electron chi connectivity index (χ1n) is 9.51. The van der Waals surface area contributed by atoms with Gasteiger partial charge in [-0.15, -0.1) is 0 Å². The Morgan fingerprint density at radius 2 is 1.96 bits per heavy atom. The zero-order valence-corrected chi connectivity index (χ0v) is 16.3. The van der Waals surface area contributed by atoms with Crippen molar-refractivity contribution in [3.63, 3.8) is 0 Å². The smallest absolute Gasteiger partial charge is 0.0243 e. The molecule has 1 heteroatoms. The first kappa shape index (κ1) is 15.6. The summed E-state index contributed by atoms with van der Waals surface area (Å²) in [7, 11) is 0. The van der Waals surface area contributed by atoms with E-state index in [1.807, 2.05) is 0 Å². The predicted molar refractivity (Wildman–Crippen MR) is 110 cm³/mol. The summed E-state index contributed by atoms with van der Waals surface area (Å²) in [5.41, 5.74) is 10.8. The molecule has 4 aliphatic carbocycles. The molecule has 0 bridgehead atoms. The molecule has 25 heavy (non-hydrogen) atoms. The van der Waals surface area contributed by atoms with Gasteiger partial charge >= 0.3 is 0 Å². The van der Waals surface area contributed by atoms with Gasteiger partial charge in [-0.2, -0.15) is 0 Å². The second-order valence-electron chi connectivity index (χ2n) is 7.76. The first-order chi connectivity index (χ1) is 12.2. The van der Waals surface area contributed by atoms with Gasteiger partial charge in [0.1, 0.15) is 0 Å². The Hall–Kier alpha value is -1.60. The van der Waals surface area contributed by atoms with Crippen LogP contribution in [0, 0.1) is 5.92 Å². The summed E-state index contributed by atoms with van der Waals surface area (Å²) in [6.07, 6.45) is 16.0. The van der Waals surface area contributed by atoms with Crippen LogP contribution in [0.25, 0.3) is 6.08 Å². The molecule has 0 spiro atoms. The highest BCUT2D eigenvalue weighted by Gasteiger charge is 2.33. The van der Waals surface area contributed by atoms with Crippen LogP contribution in [0.2, 0.25) is 0 Å². The Morgan fingerprint density at radius 3 is 2.88 bits per heavy atom. The van der Waals surface area contributed by atoms with Crippen molar-refractivity contribution in [3.05, 3.63) is 86.0 Å². The average molecular weight is 391 g/mol. The maximum atomic E-state index is 3.88. The monoisotopic (exact) mass is 390 g/mol. The van der Waals surface area contributed by atoms with Crippen LogP contribution in [0.4, 0.5) is 0 Å². The number of hydrogen-bond acceptors (Lipinski definition) is 0. The summed E-state index contributed by atoms with van der Waals surface area (Å²) >= 11 is 3.88. The largest absolute Gasteiger partial charge is 0.0760 e. The highest BCUT2D eigenvalue weighted by Crippen LogP contribution is 2.50. The van der Waals surface area contributed by atoms with Gasteiger partial charge in [0.25, 0.3) is 0 Å². The molecular formula is C24H23Br. The molecule has 2 atom stereocenters. The fraction of sp³-hybridized carbons (Fsp3) is 0.333. The van der Waals surface area contributed by atoms with E-state index in [0.29, 0.717) is 11.8 Å². The van der Waals surface area contributed by atoms with E-state index in [1.54, 1.807) is 22.3 Å². The molecule has 126 valence electrons. The average Bonchev–Trinajstić information content (AvgIpc) is 3.18. The quantitative estimate of drug-likeness (QED) is 0.499. The second kappa shape index (κ2) is 5.99. The van der Waals surface area contributed by atoms with Crippen molar-refractivity contribution in [1.29, 1.82) is 0 Å². The van der Waals surface area contributed by atoms with E-state index in [4.69, 9.17) is 0 Å². The van der Waals surface area contributed by atoms with Crippen LogP contribution >= 0.6 is 15.9 Å². The van der Waals surface area contributed by atoms with Gasteiger partial charge in [0.15, 0.2) is 0 Å². The van der Waals surface area contributed by atoms with Crippen molar-refractivity contribution in [2.24, 2.45) is 5.92 Å². The Morgan fingerprint density at radius 1 is 1.12 bits per heavy atom. The predicted octanol–water partition coefficient (Wildman–Crippen LogP) is 7.22. The van der Waals surface area contributed by atoms with Crippen molar-refractivity contribution < 1.29 is 0 Å². The first-order valence-corrected chi connectivity index (χ1v) is 10.3. The third kappa shape index (κ3) is 2.47. The standard InChI is InChI=1S/C24H23Br/c1-15-12-22-19-8-4-5-9-20(19)24(25)14-23(22)21(15)13-17-11-10-16-6-2-3-7-18(16)17/h2-3,6-7,10-12,14,17,22H,4-5,8-9,13H2,1H3. The summed E-state index contributed by atoms with van der Waals surface area (Å²) in [5, 5.41) is 0. The molecule has 0 saturated carbocycles. The van der Waals surface area contributed by atoms with Crippen molar-refractivity contribution >= 4 is 22.0 Å². The summed E-state index contributed by atoms with van der Waals surface area (Å²) < 4.78 is 1.34. The Bertz CT molecular complexity index is 904. The summed E-state index contributed by atoms with van der Waals surface area (Å²) in [5.74, 6) is 1.07. The van der Waals surface area contributed by atoms with Crippen molar-refractivity contribution in [2.45, 2.75) is 44.9 Å². The number of benzene rings is 1. The zero-order chi connectivity index (χ0) is 17.0. The molecule has 0 aromatic heterocycles. The minimum atomic E-state index is 0.523. The number of allylic oxidation sites excluding steroid dienone is 9. The van der Waals surface area contributed by atoms with Gasteiger partial charge in [-0.3, -0.25) is 0 Å². The van der Waals surface area contributed by atoms with Crippen LogP contribution in [0.3, 0.4) is 0 Å². The molecule has 0 nitrogen and oxygen atoms in total. The van der Waals surface area contributed by atoms with E-state index < -0.39 is 0 Å². The number of fused-ring (bicyclic) bond motifs is 3. The third-order valence-corrected chi connectivity index (χ3v) is 7.07. The lowest BCUT2D eigenvalue weighted by Gasteiger charge is -2.30. The van der Waals surface area contributed by atoms with E-state index in [1.165, 1.54) is 46.9 Å². The Labute approximate surface area is 158 Å². The van der Waals surface area contributed by atoms with E-state index in [0.717, 1.165) is 6.42 Å². The van der Waals surface area contributed by atoms with Gasteiger partial charge in [-0.05, 0) is 73.0 Å². The number of hydrogen-bond donors (Lipinski definition) is 0. The lowest BCUT2D eigenvalue weighted by atomic mass is 9.77. The maximum Gasteiger partial charge on any atom is 0.0243 e. The molecular weight excluding hydrogens is 368 g/mol. The summed E-state index contributed by atoms with van der Waals surface area (Å²) in [6, 6.07) is 8.85. The molecule has 0 aliphatic heterocycles. The minimum absolute atomic E-state index is 0.523. The molecule has 0 saturated heterocycles. The van der Waals surface area contributed by atoms with Gasteiger partial charge < -0.3 is 0 Å². The highest BCUT2D eigenvalue weighted by atomic mass is 79.9. The SMILES string of the molecule is CC1=CC2C(=C1CC1C=Cc3ccccc31)C=C(Br)C1=C2CCCC1. The van der Waals surface area contributed by atoms with Crippen molar-refractivity contribution in [1.82, 2.24) is 0 Å². The molecule has 1 aromatic carbocycles. The van der Waals surface area contributed by atoms with Gasteiger partial charge in [-0.25, -0.2) is 0 Å². The highest BCUT2D eigenvalue weighted by molar-refractivity contribution is 9.12. The fourth-order valence-electron chi connectivity index (χ4n) is 5.09. The number of halogens is 1. The van der Waals surface area contributed by atoms with Crippen LogP contribution in [0.5, 0.6) is 0 Å². The second-order valence-corrected chi connectivity index (χ2v) is 8.62. The minimum Gasteiger partial charge on any atom is -0.0760 e. The summed E-state index contributed by atoms with van der Waals surface area (Å²) in [6.45, 7) is 2.32. The zero-order valence-electron chi connectivity index (χ0n) is 14.7. The maximum absolute atomic E-state index is 3.88. The molecule has 0 fully saturated rings. The lowest BCUT2D eigenvalue weighted by Crippen LogP contribution is -2.14. The lowest BCUT2D eigenvalue weighted by molar-refractivity contribution is 0.636. The molecule has 0 N–H and O–H groups in total. The van der Waals surface area contributed by atoms with E-state index >= 15 is 0 Å². The molecule has 1 aromatic rings. The van der Waals surface area contributed by atoms with Crippen molar-refractivity contribution in [3.8, 4) is 0 Å². The van der Waals surface area contributed by atoms with E-state index in [2.05, 4.69) is 71.4 Å². The van der Waals surface area contributed by atoms with Crippen LogP contribution in [0.1, 0.15) is 56.1 Å². The third-order valence-electron chi connectivity index (χ3n) is 6.36. The number of rotatable bonds is 2. The molecule has 5 rings (SSSR count). The van der Waals surface area contributed by atoms with Crippen LogP contribution in [0.15, 0.2) is 74.8 Å². The van der Waals surface area contributed by atoms with Gasteiger partial charge in [0.2, 0.25) is 0 Å². The molecule has 0 heterocycles. The van der Waals surface area contributed by atoms with Gasteiger partial charge in [0, 0.05) is 16.3 Å². The normalized spacial score (nSPS) is 27.1. The summed E-state index contributed by atoms with van der Waals surface area (Å²) in [4.78, 5) is 0. The van der Waals surface area contributed by atoms with E-state index in [9.17, 15) is 0 Å². The Kier molecular flexibility index (Phi) is 3.74. The molecule has 4 aliphatic rings. The van der Waals surface area contributed by atoms with Crippen LogP contribution < -0.4 is 0 Å². The molecule has 0 amide bonds. The topological polar surface area (TPSA) is 0 Å². The van der Waals surface area contributed by atoms with Crippen molar-refractivity contribution in [2.75, 3.05) is 0 Å².